The quantitative estimate of drug-likeness (QED) is 0.848. The van der Waals surface area contributed by atoms with Crippen molar-refractivity contribution in [1.29, 1.82) is 0 Å². The molecule has 0 bridgehead atoms. The van der Waals surface area contributed by atoms with E-state index in [0.29, 0.717) is 24.1 Å². The lowest BCUT2D eigenvalue weighted by Crippen LogP contribution is -2.10. The molecule has 8 heteroatoms. The zero-order valence-corrected chi connectivity index (χ0v) is 12.1. The number of halogens is 1. The summed E-state index contributed by atoms with van der Waals surface area (Å²) < 4.78 is 7.25. The van der Waals surface area contributed by atoms with Crippen molar-refractivity contribution in [2.24, 2.45) is 0 Å². The van der Waals surface area contributed by atoms with Gasteiger partial charge in [-0.05, 0) is 13.8 Å². The summed E-state index contributed by atoms with van der Waals surface area (Å²) in [6, 6.07) is 0. The summed E-state index contributed by atoms with van der Waals surface area (Å²) in [5, 5.41) is 7.55. The fourth-order valence-corrected chi connectivity index (χ4v) is 1.59. The normalized spacial score (nSPS) is 11.0. The molecule has 0 aromatic carbocycles. The van der Waals surface area contributed by atoms with Crippen molar-refractivity contribution in [3.8, 4) is 0 Å². The number of hydrogen-bond acceptors (Lipinski definition) is 6. The number of rotatable bonds is 6. The van der Waals surface area contributed by atoms with Crippen LogP contribution in [0.3, 0.4) is 0 Å². The van der Waals surface area contributed by atoms with Crippen molar-refractivity contribution in [2.45, 2.75) is 26.5 Å². The van der Waals surface area contributed by atoms with Crippen LogP contribution in [0.15, 0.2) is 18.6 Å². The number of nitrogens with two attached hydrogens (primary N) is 1. The van der Waals surface area contributed by atoms with Gasteiger partial charge in [-0.2, -0.15) is 10.1 Å². The molecule has 0 aliphatic rings. The smallest absolute Gasteiger partial charge is 0.229 e. The average Bonchev–Trinajstić information content (AvgIpc) is 2.81. The Kier molecular flexibility index (Phi) is 4.75. The van der Waals surface area contributed by atoms with Gasteiger partial charge in [-0.3, -0.25) is 4.68 Å². The molecule has 20 heavy (non-hydrogen) atoms. The maximum absolute atomic E-state index is 5.76. The van der Waals surface area contributed by atoms with E-state index in [4.69, 9.17) is 22.1 Å². The van der Waals surface area contributed by atoms with Gasteiger partial charge in [0.25, 0.3) is 0 Å². The van der Waals surface area contributed by atoms with Crippen LogP contribution in [0.25, 0.3) is 0 Å². The predicted octanol–water partition coefficient (Wildman–Crippen LogP) is 2.08. The fourth-order valence-electron chi connectivity index (χ4n) is 1.50. The second-order valence-electron chi connectivity index (χ2n) is 4.46. The van der Waals surface area contributed by atoms with Crippen LogP contribution in [-0.2, 0) is 11.3 Å². The monoisotopic (exact) mass is 296 g/mol. The number of aromatic nitrogens is 4. The number of hydrogen-bond donors (Lipinski definition) is 2. The van der Waals surface area contributed by atoms with Gasteiger partial charge in [-0.25, -0.2) is 4.98 Å². The van der Waals surface area contributed by atoms with E-state index in [0.717, 1.165) is 5.69 Å². The molecule has 7 nitrogen and oxygen atoms in total. The standard InChI is InChI=1S/C12H17ClN6O/c1-8(2)20-4-3-19-7-9(5-16-19)17-12-15-6-10(13)11(14)18-12/h5-8H,3-4H2,1-2H3,(H3,14,15,17,18). The molecule has 2 aromatic rings. The summed E-state index contributed by atoms with van der Waals surface area (Å²) in [6.07, 6.45) is 5.20. The van der Waals surface area contributed by atoms with Crippen LogP contribution >= 0.6 is 11.6 Å². The van der Waals surface area contributed by atoms with Crippen LogP contribution in [0.5, 0.6) is 0 Å². The number of nitrogens with zero attached hydrogens (tertiary/aromatic N) is 4. The second kappa shape index (κ2) is 6.53. The van der Waals surface area contributed by atoms with E-state index in [2.05, 4.69) is 20.4 Å². The molecule has 0 radical (unpaired) electrons. The van der Waals surface area contributed by atoms with Crippen LogP contribution in [0, 0.1) is 0 Å². The third-order valence-corrected chi connectivity index (χ3v) is 2.72. The van der Waals surface area contributed by atoms with Gasteiger partial charge in [0.15, 0.2) is 0 Å². The van der Waals surface area contributed by atoms with Crippen LogP contribution in [0.2, 0.25) is 5.02 Å². The average molecular weight is 297 g/mol. The number of ether oxygens (including phenoxy) is 1. The molecule has 0 amide bonds. The van der Waals surface area contributed by atoms with Crippen LogP contribution in [0.4, 0.5) is 17.5 Å². The maximum Gasteiger partial charge on any atom is 0.229 e. The first-order chi connectivity index (χ1) is 9.54. The molecule has 108 valence electrons. The molecular formula is C12H17ClN6O. The fraction of sp³-hybridized carbons (Fsp3) is 0.417. The van der Waals surface area contributed by atoms with Gasteiger partial charge < -0.3 is 15.8 Å². The van der Waals surface area contributed by atoms with Crippen molar-refractivity contribution in [3.05, 3.63) is 23.6 Å². The molecular weight excluding hydrogens is 280 g/mol. The minimum Gasteiger partial charge on any atom is -0.382 e. The molecule has 0 saturated carbocycles. The zero-order valence-electron chi connectivity index (χ0n) is 11.4. The second-order valence-corrected chi connectivity index (χ2v) is 4.87. The summed E-state index contributed by atoms with van der Waals surface area (Å²) in [6.45, 7) is 5.29. The molecule has 0 aliphatic heterocycles. The van der Waals surface area contributed by atoms with E-state index in [-0.39, 0.29) is 11.9 Å². The summed E-state index contributed by atoms with van der Waals surface area (Å²) in [4.78, 5) is 8.06. The molecule has 0 fully saturated rings. The Bertz CT molecular complexity index is 571. The number of nitrogen functional groups attached to an aromatic ring is 1. The third-order valence-electron chi connectivity index (χ3n) is 2.43. The predicted molar refractivity (Wildman–Crippen MR) is 78.1 cm³/mol. The van der Waals surface area contributed by atoms with E-state index in [1.165, 1.54) is 6.20 Å². The number of anilines is 3. The minimum absolute atomic E-state index is 0.216. The Morgan fingerprint density at radius 3 is 2.95 bits per heavy atom. The third kappa shape index (κ3) is 4.07. The van der Waals surface area contributed by atoms with E-state index in [9.17, 15) is 0 Å². The first-order valence-electron chi connectivity index (χ1n) is 6.23. The van der Waals surface area contributed by atoms with Crippen LogP contribution < -0.4 is 11.1 Å². The van der Waals surface area contributed by atoms with Gasteiger partial charge in [0.1, 0.15) is 10.8 Å². The number of nitrogens with one attached hydrogen (secondary N) is 1. The summed E-state index contributed by atoms with van der Waals surface area (Å²) >= 11 is 5.76. The molecule has 0 spiro atoms. The Balaban J connectivity index is 1.93. The van der Waals surface area contributed by atoms with Gasteiger partial charge in [0.2, 0.25) is 5.95 Å². The van der Waals surface area contributed by atoms with Crippen LogP contribution in [-0.4, -0.2) is 32.5 Å². The summed E-state index contributed by atoms with van der Waals surface area (Å²) in [5.74, 6) is 0.617. The van der Waals surface area contributed by atoms with E-state index in [1.807, 2.05) is 20.0 Å². The molecule has 2 aromatic heterocycles. The Morgan fingerprint density at radius 2 is 2.25 bits per heavy atom. The Labute approximate surface area is 122 Å². The van der Waals surface area contributed by atoms with E-state index < -0.39 is 0 Å². The lowest BCUT2D eigenvalue weighted by atomic mass is 10.5. The highest BCUT2D eigenvalue weighted by atomic mass is 35.5. The maximum atomic E-state index is 5.76. The highest BCUT2D eigenvalue weighted by molar-refractivity contribution is 6.32. The molecule has 0 atom stereocenters. The SMILES string of the molecule is CC(C)OCCn1cc(Nc2ncc(Cl)c(N)n2)cn1. The van der Waals surface area contributed by atoms with Gasteiger partial charge >= 0.3 is 0 Å². The van der Waals surface area contributed by atoms with Gasteiger partial charge in [-0.1, -0.05) is 11.6 Å². The summed E-state index contributed by atoms with van der Waals surface area (Å²) in [7, 11) is 0. The Morgan fingerprint density at radius 1 is 1.45 bits per heavy atom. The zero-order chi connectivity index (χ0) is 14.5. The van der Waals surface area contributed by atoms with Crippen molar-refractivity contribution in [1.82, 2.24) is 19.7 Å². The first-order valence-corrected chi connectivity index (χ1v) is 6.61. The van der Waals surface area contributed by atoms with Crippen molar-refractivity contribution in [2.75, 3.05) is 17.7 Å². The van der Waals surface area contributed by atoms with Crippen molar-refractivity contribution < 1.29 is 4.74 Å². The topological polar surface area (TPSA) is 90.9 Å². The van der Waals surface area contributed by atoms with Crippen molar-refractivity contribution >= 4 is 29.1 Å². The minimum atomic E-state index is 0.216. The molecule has 3 N–H and O–H groups in total. The molecule has 0 unspecified atom stereocenters. The van der Waals surface area contributed by atoms with Gasteiger partial charge in [0, 0.05) is 6.20 Å². The van der Waals surface area contributed by atoms with Gasteiger partial charge in [0.05, 0.1) is 37.3 Å². The van der Waals surface area contributed by atoms with Gasteiger partial charge in [-0.15, -0.1) is 0 Å². The lowest BCUT2D eigenvalue weighted by molar-refractivity contribution is 0.0710. The lowest BCUT2D eigenvalue weighted by Gasteiger charge is -2.06. The molecule has 2 heterocycles. The first kappa shape index (κ1) is 14.5. The Hall–Kier alpha value is -1.86. The van der Waals surface area contributed by atoms with E-state index in [1.54, 1.807) is 10.9 Å². The molecule has 0 aliphatic carbocycles. The van der Waals surface area contributed by atoms with E-state index >= 15 is 0 Å². The highest BCUT2D eigenvalue weighted by Crippen LogP contribution is 2.18. The largest absolute Gasteiger partial charge is 0.382 e. The highest BCUT2D eigenvalue weighted by Gasteiger charge is 2.04. The van der Waals surface area contributed by atoms with Crippen LogP contribution in [0.1, 0.15) is 13.8 Å². The van der Waals surface area contributed by atoms with Crippen molar-refractivity contribution in [3.63, 3.8) is 0 Å². The molecule has 2 rings (SSSR count). The molecule has 0 saturated heterocycles. The summed E-state index contributed by atoms with van der Waals surface area (Å²) in [5.41, 5.74) is 6.39.